The number of hydrogen-bond acceptors (Lipinski definition) is 4. The summed E-state index contributed by atoms with van der Waals surface area (Å²) < 4.78 is 5.11. The van der Waals surface area contributed by atoms with Crippen LogP contribution in [0.5, 0.6) is 11.5 Å². The van der Waals surface area contributed by atoms with Crippen LogP contribution >= 0.6 is 0 Å². The Hall–Kier alpha value is -1.75. The van der Waals surface area contributed by atoms with E-state index in [1.54, 1.807) is 31.2 Å². The van der Waals surface area contributed by atoms with Gasteiger partial charge in [0.15, 0.2) is 0 Å². The van der Waals surface area contributed by atoms with Gasteiger partial charge >= 0.3 is 0 Å². The second-order valence-electron chi connectivity index (χ2n) is 5.36. The summed E-state index contributed by atoms with van der Waals surface area (Å²) >= 11 is 0. The molecule has 2 rings (SSSR count). The third-order valence-electron chi connectivity index (χ3n) is 3.90. The number of benzene rings is 1. The van der Waals surface area contributed by atoms with Gasteiger partial charge in [0.2, 0.25) is 0 Å². The van der Waals surface area contributed by atoms with Gasteiger partial charge < -0.3 is 19.6 Å². The molecule has 5 nitrogen and oxygen atoms in total. The van der Waals surface area contributed by atoms with Crippen LogP contribution in [-0.2, 0) is 0 Å². The zero-order valence-electron chi connectivity index (χ0n) is 12.3. The number of phenols is 1. The molecule has 1 heterocycles. The van der Waals surface area contributed by atoms with E-state index in [2.05, 4.69) is 11.9 Å². The number of nitrogens with zero attached hydrogens (tertiary/aromatic N) is 2. The molecular weight excluding hydrogens is 256 g/mol. The van der Waals surface area contributed by atoms with Crippen LogP contribution in [0.1, 0.15) is 23.2 Å². The molecule has 0 saturated carbocycles. The average Bonchev–Trinajstić information content (AvgIpc) is 2.46. The number of ether oxygens (including phenoxy) is 1. The highest BCUT2D eigenvalue weighted by atomic mass is 16.5. The number of likely N-dealkylation sites (tertiary alicyclic amines) is 1. The van der Waals surface area contributed by atoms with Crippen LogP contribution in [0.3, 0.4) is 0 Å². The van der Waals surface area contributed by atoms with E-state index in [0.29, 0.717) is 11.3 Å². The van der Waals surface area contributed by atoms with Crippen LogP contribution in [0.15, 0.2) is 18.2 Å². The number of carbonyl (C=O) groups is 1. The Kier molecular flexibility index (Phi) is 4.49. The number of piperidine rings is 1. The van der Waals surface area contributed by atoms with Crippen molar-refractivity contribution < 1.29 is 14.6 Å². The lowest BCUT2D eigenvalue weighted by Crippen LogP contribution is -2.47. The highest BCUT2D eigenvalue weighted by Crippen LogP contribution is 2.25. The fourth-order valence-electron chi connectivity index (χ4n) is 2.62. The lowest BCUT2D eigenvalue weighted by molar-refractivity contribution is 0.0641. The monoisotopic (exact) mass is 278 g/mol. The number of likely N-dealkylation sites (N-methyl/N-ethyl adjacent to an activating group) is 2. The first-order valence-corrected chi connectivity index (χ1v) is 6.85. The van der Waals surface area contributed by atoms with Crippen molar-refractivity contribution in [3.05, 3.63) is 23.8 Å². The summed E-state index contributed by atoms with van der Waals surface area (Å²) in [6.45, 7) is 1.94. The maximum atomic E-state index is 12.5. The van der Waals surface area contributed by atoms with Crippen LogP contribution in [-0.4, -0.2) is 61.2 Å². The third-order valence-corrected chi connectivity index (χ3v) is 3.90. The van der Waals surface area contributed by atoms with E-state index in [1.807, 2.05) is 0 Å². The predicted molar refractivity (Wildman–Crippen MR) is 77.3 cm³/mol. The van der Waals surface area contributed by atoms with E-state index in [4.69, 9.17) is 4.74 Å². The number of methoxy groups -OCH3 is 1. The predicted octanol–water partition coefficient (Wildman–Crippen LogP) is 1.57. The minimum Gasteiger partial charge on any atom is -0.507 e. The molecule has 0 spiro atoms. The number of carbonyl (C=O) groups excluding carboxylic acids is 1. The van der Waals surface area contributed by atoms with Crippen molar-refractivity contribution in [3.63, 3.8) is 0 Å². The van der Waals surface area contributed by atoms with Crippen molar-refractivity contribution in [3.8, 4) is 11.5 Å². The molecule has 0 aliphatic carbocycles. The van der Waals surface area contributed by atoms with E-state index < -0.39 is 0 Å². The summed E-state index contributed by atoms with van der Waals surface area (Å²) in [5, 5.41) is 9.89. The van der Waals surface area contributed by atoms with E-state index in [1.165, 1.54) is 6.07 Å². The maximum absolute atomic E-state index is 12.5. The minimum atomic E-state index is -0.165. The Morgan fingerprint density at radius 3 is 2.90 bits per heavy atom. The summed E-state index contributed by atoms with van der Waals surface area (Å²) in [5.41, 5.74) is 0.292. The molecule has 1 fully saturated rings. The van der Waals surface area contributed by atoms with Gasteiger partial charge in [-0.3, -0.25) is 4.79 Å². The highest BCUT2D eigenvalue weighted by molar-refractivity contribution is 5.97. The van der Waals surface area contributed by atoms with Crippen LogP contribution in [0.4, 0.5) is 0 Å². The number of amides is 1. The van der Waals surface area contributed by atoms with Gasteiger partial charge in [0, 0.05) is 19.6 Å². The zero-order valence-corrected chi connectivity index (χ0v) is 12.3. The molecule has 1 unspecified atom stereocenters. The van der Waals surface area contributed by atoms with Crippen molar-refractivity contribution in [2.24, 2.45) is 0 Å². The standard InChI is InChI=1S/C15H22N2O3/c1-16-8-4-5-11(10-16)17(2)15(19)13-9-12(20-3)6-7-14(13)18/h6-7,9,11,18H,4-5,8,10H2,1-3H3. The highest BCUT2D eigenvalue weighted by Gasteiger charge is 2.26. The molecule has 0 aromatic heterocycles. The average molecular weight is 278 g/mol. The Labute approximate surface area is 119 Å². The summed E-state index contributed by atoms with van der Waals surface area (Å²) in [6.07, 6.45) is 2.08. The molecule has 20 heavy (non-hydrogen) atoms. The molecule has 1 aliphatic rings. The molecule has 1 atom stereocenters. The molecule has 110 valence electrons. The first-order chi connectivity index (χ1) is 9.52. The Balaban J connectivity index is 2.17. The zero-order chi connectivity index (χ0) is 14.7. The molecule has 1 saturated heterocycles. The normalized spacial score (nSPS) is 19.6. The summed E-state index contributed by atoms with van der Waals surface area (Å²) in [5.74, 6) is 0.397. The molecule has 0 bridgehead atoms. The minimum absolute atomic E-state index is 0.00758. The lowest BCUT2D eigenvalue weighted by atomic mass is 10.0. The van der Waals surface area contributed by atoms with Crippen LogP contribution in [0, 0.1) is 0 Å². The van der Waals surface area contributed by atoms with Gasteiger partial charge in [-0.05, 0) is 44.6 Å². The Bertz CT molecular complexity index is 490. The van der Waals surface area contributed by atoms with Crippen molar-refractivity contribution in [1.29, 1.82) is 0 Å². The molecule has 1 amide bonds. The Morgan fingerprint density at radius 1 is 1.50 bits per heavy atom. The lowest BCUT2D eigenvalue weighted by Gasteiger charge is -2.36. The molecule has 1 aromatic rings. The number of phenolic OH excluding ortho intramolecular Hbond substituents is 1. The van der Waals surface area contributed by atoms with Crippen LogP contribution < -0.4 is 4.74 Å². The second-order valence-corrected chi connectivity index (χ2v) is 5.36. The molecule has 1 aromatic carbocycles. The number of rotatable bonds is 3. The summed E-state index contributed by atoms with van der Waals surface area (Å²) in [7, 11) is 5.40. The van der Waals surface area contributed by atoms with E-state index in [-0.39, 0.29) is 17.7 Å². The van der Waals surface area contributed by atoms with E-state index >= 15 is 0 Å². The Morgan fingerprint density at radius 2 is 2.25 bits per heavy atom. The fourth-order valence-corrected chi connectivity index (χ4v) is 2.62. The molecule has 1 N–H and O–H groups in total. The van der Waals surface area contributed by atoms with Gasteiger partial charge in [0.25, 0.3) is 5.91 Å². The molecule has 1 aliphatic heterocycles. The van der Waals surface area contributed by atoms with Crippen molar-refractivity contribution >= 4 is 5.91 Å². The van der Waals surface area contributed by atoms with Gasteiger partial charge in [0.1, 0.15) is 11.5 Å². The van der Waals surface area contributed by atoms with E-state index in [0.717, 1.165) is 25.9 Å². The van der Waals surface area contributed by atoms with Crippen molar-refractivity contribution in [1.82, 2.24) is 9.80 Å². The number of hydrogen-bond donors (Lipinski definition) is 1. The smallest absolute Gasteiger partial charge is 0.257 e. The van der Waals surface area contributed by atoms with Crippen molar-refractivity contribution in [2.75, 3.05) is 34.3 Å². The van der Waals surface area contributed by atoms with Crippen LogP contribution in [0.2, 0.25) is 0 Å². The summed E-state index contributed by atoms with van der Waals surface area (Å²) in [6, 6.07) is 4.90. The van der Waals surface area contributed by atoms with Gasteiger partial charge in [-0.1, -0.05) is 0 Å². The second kappa shape index (κ2) is 6.13. The van der Waals surface area contributed by atoms with Gasteiger partial charge in [-0.25, -0.2) is 0 Å². The van der Waals surface area contributed by atoms with Gasteiger partial charge in [0.05, 0.1) is 12.7 Å². The number of aromatic hydroxyl groups is 1. The molecule has 5 heteroatoms. The van der Waals surface area contributed by atoms with Crippen LogP contribution in [0.25, 0.3) is 0 Å². The molecule has 0 radical (unpaired) electrons. The fraction of sp³-hybridized carbons (Fsp3) is 0.533. The maximum Gasteiger partial charge on any atom is 0.257 e. The topological polar surface area (TPSA) is 53.0 Å². The summed E-state index contributed by atoms with van der Waals surface area (Å²) in [4.78, 5) is 16.5. The third kappa shape index (κ3) is 3.04. The quantitative estimate of drug-likeness (QED) is 0.912. The van der Waals surface area contributed by atoms with Gasteiger partial charge in [-0.2, -0.15) is 0 Å². The SMILES string of the molecule is COc1ccc(O)c(C(=O)N(C)C2CCCN(C)C2)c1. The van der Waals surface area contributed by atoms with E-state index in [9.17, 15) is 9.90 Å². The molecular formula is C15H22N2O3. The van der Waals surface area contributed by atoms with Crippen molar-refractivity contribution in [2.45, 2.75) is 18.9 Å². The van der Waals surface area contributed by atoms with Gasteiger partial charge in [-0.15, -0.1) is 0 Å². The first kappa shape index (κ1) is 14.7. The largest absolute Gasteiger partial charge is 0.507 e. The first-order valence-electron chi connectivity index (χ1n) is 6.85.